The van der Waals surface area contributed by atoms with E-state index in [-0.39, 0.29) is 17.9 Å². The Morgan fingerprint density at radius 3 is 1.82 bits per heavy atom. The van der Waals surface area contributed by atoms with Gasteiger partial charge in [-0.2, -0.15) is 0 Å². The lowest BCUT2D eigenvalue weighted by molar-refractivity contribution is 0.0939. The molecule has 0 aliphatic heterocycles. The van der Waals surface area contributed by atoms with Crippen LogP contribution in [0.5, 0.6) is 0 Å². The highest BCUT2D eigenvalue weighted by Crippen LogP contribution is 2.27. The summed E-state index contributed by atoms with van der Waals surface area (Å²) in [5.41, 5.74) is 11.9. The van der Waals surface area contributed by atoms with Gasteiger partial charge in [-0.3, -0.25) is 9.59 Å². The fourth-order valence-electron chi connectivity index (χ4n) is 3.93. The average Bonchev–Trinajstić information content (AvgIpc) is 2.93. The predicted molar refractivity (Wildman–Crippen MR) is 160 cm³/mol. The Balaban J connectivity index is 1.38. The fraction of sp³-hybridized carbons (Fsp3) is 0.161. The Morgan fingerprint density at radius 2 is 1.23 bits per heavy atom. The lowest BCUT2D eigenvalue weighted by Gasteiger charge is -2.17. The highest BCUT2D eigenvalue weighted by atomic mass is 16.2. The summed E-state index contributed by atoms with van der Waals surface area (Å²) in [5, 5.41) is 15.8. The molecule has 4 rings (SSSR count). The van der Waals surface area contributed by atoms with Crippen molar-refractivity contribution >= 4 is 45.9 Å². The van der Waals surface area contributed by atoms with Crippen LogP contribution in [0.4, 0.5) is 34.1 Å². The number of amides is 2. The number of nitrogens with two attached hydrogens (primary N) is 1. The van der Waals surface area contributed by atoms with E-state index >= 15 is 0 Å². The summed E-state index contributed by atoms with van der Waals surface area (Å²) in [5.74, 6) is -0.363. The number of hydrogen-bond donors (Lipinski definition) is 6. The minimum Gasteiger partial charge on any atom is -0.397 e. The van der Waals surface area contributed by atoms with Gasteiger partial charge >= 0.3 is 0 Å². The van der Waals surface area contributed by atoms with Crippen LogP contribution in [0.15, 0.2) is 97.1 Å². The molecule has 7 N–H and O–H groups in total. The fourth-order valence-corrected chi connectivity index (χ4v) is 3.93. The second kappa shape index (κ2) is 13.0. The van der Waals surface area contributed by atoms with Crippen molar-refractivity contribution in [2.45, 2.75) is 19.9 Å². The van der Waals surface area contributed by atoms with E-state index in [1.54, 1.807) is 24.3 Å². The maximum atomic E-state index is 12.8. The van der Waals surface area contributed by atoms with E-state index in [2.05, 4.69) is 26.6 Å². The number of hydrogen-bond acceptors (Lipinski definition) is 6. The van der Waals surface area contributed by atoms with Gasteiger partial charge in [0.15, 0.2) is 0 Å². The molecule has 8 heteroatoms. The molecule has 0 radical (unpaired) electrons. The molecule has 8 nitrogen and oxygen atoms in total. The van der Waals surface area contributed by atoms with Crippen LogP contribution < -0.4 is 32.3 Å². The summed E-state index contributed by atoms with van der Waals surface area (Å²) in [6.45, 7) is 4.67. The third-order valence-corrected chi connectivity index (χ3v) is 5.85. The zero-order valence-electron chi connectivity index (χ0n) is 22.1. The zero-order valence-corrected chi connectivity index (χ0v) is 22.1. The summed E-state index contributed by atoms with van der Waals surface area (Å²) in [4.78, 5) is 25.3. The first-order valence-corrected chi connectivity index (χ1v) is 12.9. The van der Waals surface area contributed by atoms with Gasteiger partial charge < -0.3 is 32.3 Å². The van der Waals surface area contributed by atoms with Gasteiger partial charge in [0.05, 0.1) is 22.7 Å². The second-order valence-corrected chi connectivity index (χ2v) is 9.36. The van der Waals surface area contributed by atoms with Crippen molar-refractivity contribution in [3.63, 3.8) is 0 Å². The van der Waals surface area contributed by atoms with E-state index in [1.165, 1.54) is 0 Å². The third-order valence-electron chi connectivity index (χ3n) is 5.85. The molecule has 0 fully saturated rings. The van der Waals surface area contributed by atoms with Gasteiger partial charge in [0.1, 0.15) is 0 Å². The monoisotopic (exact) mass is 522 g/mol. The Labute approximate surface area is 229 Å². The number of carbonyl (C=O) groups is 2. The lowest BCUT2D eigenvalue weighted by atomic mass is 10.1. The van der Waals surface area contributed by atoms with Gasteiger partial charge in [0, 0.05) is 41.6 Å². The van der Waals surface area contributed by atoms with Gasteiger partial charge in [0.25, 0.3) is 11.8 Å². The average molecular weight is 523 g/mol. The van der Waals surface area contributed by atoms with E-state index in [1.807, 2.05) is 86.6 Å². The molecule has 0 aliphatic carbocycles. The van der Waals surface area contributed by atoms with E-state index in [0.29, 0.717) is 29.9 Å². The van der Waals surface area contributed by atoms with E-state index in [0.717, 1.165) is 28.4 Å². The van der Waals surface area contributed by atoms with Crippen LogP contribution in [-0.2, 0) is 0 Å². The van der Waals surface area contributed by atoms with Gasteiger partial charge in [-0.1, -0.05) is 36.4 Å². The van der Waals surface area contributed by atoms with Crippen molar-refractivity contribution in [3.05, 3.63) is 108 Å². The van der Waals surface area contributed by atoms with Gasteiger partial charge in [-0.05, 0) is 74.5 Å². The molecular formula is C31H34N6O2. The largest absolute Gasteiger partial charge is 0.397 e. The summed E-state index contributed by atoms with van der Waals surface area (Å²) in [6, 6.07) is 30.2. The topological polar surface area (TPSA) is 120 Å². The molecule has 2 amide bonds. The summed E-state index contributed by atoms with van der Waals surface area (Å²) in [7, 11) is 0. The smallest absolute Gasteiger partial charge is 0.251 e. The van der Waals surface area contributed by atoms with Crippen molar-refractivity contribution in [2.75, 3.05) is 34.8 Å². The third kappa shape index (κ3) is 7.75. The summed E-state index contributed by atoms with van der Waals surface area (Å²) >= 11 is 0. The zero-order chi connectivity index (χ0) is 27.6. The molecule has 0 saturated carbocycles. The maximum absolute atomic E-state index is 12.8. The van der Waals surface area contributed by atoms with Crippen LogP contribution in [0.2, 0.25) is 0 Å². The van der Waals surface area contributed by atoms with Crippen molar-refractivity contribution < 1.29 is 9.59 Å². The first kappa shape index (κ1) is 27.1. The highest BCUT2D eigenvalue weighted by molar-refractivity contribution is 5.97. The molecule has 0 aromatic heterocycles. The van der Waals surface area contributed by atoms with Gasteiger partial charge in [0.2, 0.25) is 0 Å². The normalized spacial score (nSPS) is 10.5. The van der Waals surface area contributed by atoms with Crippen molar-refractivity contribution in [3.8, 4) is 0 Å². The maximum Gasteiger partial charge on any atom is 0.251 e. The predicted octanol–water partition coefficient (Wildman–Crippen LogP) is 5.74. The highest BCUT2D eigenvalue weighted by Gasteiger charge is 2.12. The van der Waals surface area contributed by atoms with Gasteiger partial charge in [-0.15, -0.1) is 0 Å². The second-order valence-electron chi connectivity index (χ2n) is 9.36. The van der Waals surface area contributed by atoms with Crippen LogP contribution >= 0.6 is 0 Å². The summed E-state index contributed by atoms with van der Waals surface area (Å²) in [6.07, 6.45) is 0. The van der Waals surface area contributed by atoms with E-state index in [9.17, 15) is 9.59 Å². The van der Waals surface area contributed by atoms with Crippen LogP contribution in [0.3, 0.4) is 0 Å². The first-order chi connectivity index (χ1) is 18.9. The Morgan fingerprint density at radius 1 is 0.667 bits per heavy atom. The van der Waals surface area contributed by atoms with Crippen molar-refractivity contribution in [2.24, 2.45) is 0 Å². The SMILES string of the molecule is CC(C)NC(=O)c1ccc(Nc2ccccc2)c(NCCNC(=O)c2ccc(Nc3ccccc3)c(N)c2)c1. The molecule has 0 bridgehead atoms. The first-order valence-electron chi connectivity index (χ1n) is 12.9. The van der Waals surface area contributed by atoms with Crippen LogP contribution in [0.25, 0.3) is 0 Å². The number of carbonyl (C=O) groups excluding carboxylic acids is 2. The van der Waals surface area contributed by atoms with Crippen LogP contribution in [0.1, 0.15) is 34.6 Å². The minimum absolute atomic E-state index is 0.0310. The molecule has 0 saturated heterocycles. The number of para-hydroxylation sites is 2. The molecule has 200 valence electrons. The number of rotatable bonds is 11. The molecule has 4 aromatic carbocycles. The number of nitrogens with one attached hydrogen (secondary N) is 5. The number of nitrogen functional groups attached to an aromatic ring is 1. The number of benzene rings is 4. The van der Waals surface area contributed by atoms with E-state index < -0.39 is 0 Å². The molecule has 0 atom stereocenters. The number of anilines is 6. The lowest BCUT2D eigenvalue weighted by Crippen LogP contribution is -2.30. The Kier molecular flexibility index (Phi) is 9.03. The van der Waals surface area contributed by atoms with Crippen molar-refractivity contribution in [1.29, 1.82) is 0 Å². The standard InChI is InChI=1S/C31H34N6O2/c1-21(2)35-31(39)23-14-16-28(37-25-11-7-4-8-12-25)29(20-23)33-17-18-34-30(38)22-13-15-27(26(32)19-22)36-24-9-5-3-6-10-24/h3-16,19-21,33,36-37H,17-18,32H2,1-2H3,(H,34,38)(H,35,39). The van der Waals surface area contributed by atoms with Crippen LogP contribution in [-0.4, -0.2) is 30.9 Å². The minimum atomic E-state index is -0.220. The quantitative estimate of drug-likeness (QED) is 0.110. The molecular weight excluding hydrogens is 488 g/mol. The molecule has 39 heavy (non-hydrogen) atoms. The molecule has 4 aromatic rings. The molecule has 0 spiro atoms. The molecule has 0 aliphatic rings. The van der Waals surface area contributed by atoms with Gasteiger partial charge in [-0.25, -0.2) is 0 Å². The molecule has 0 unspecified atom stereocenters. The Bertz CT molecular complexity index is 1410. The van der Waals surface area contributed by atoms with Crippen molar-refractivity contribution in [1.82, 2.24) is 10.6 Å². The van der Waals surface area contributed by atoms with Crippen LogP contribution in [0, 0.1) is 0 Å². The summed E-state index contributed by atoms with van der Waals surface area (Å²) < 4.78 is 0. The molecule has 0 heterocycles. The van der Waals surface area contributed by atoms with E-state index in [4.69, 9.17) is 5.73 Å². The Hall–Kier alpha value is -4.98.